The Labute approximate surface area is 135 Å². The Balaban J connectivity index is 1.77. The molecular formula is C19H18N4. The predicted molar refractivity (Wildman–Crippen MR) is 95.1 cm³/mol. The highest BCUT2D eigenvalue weighted by atomic mass is 15.3. The number of nitrogens with zero attached hydrogens (tertiary/aromatic N) is 3. The molecular weight excluding hydrogens is 284 g/mol. The number of anilines is 1. The van der Waals surface area contributed by atoms with Crippen LogP contribution in [0.1, 0.15) is 12.0 Å². The van der Waals surface area contributed by atoms with Gasteiger partial charge in [-0.1, -0.05) is 36.4 Å². The molecule has 0 atom stereocenters. The van der Waals surface area contributed by atoms with Gasteiger partial charge in [-0.3, -0.25) is 4.98 Å². The molecule has 0 spiro atoms. The Bertz CT molecular complexity index is 880. The van der Waals surface area contributed by atoms with Gasteiger partial charge in [0.2, 0.25) is 5.96 Å². The number of fused-ring (bicyclic) bond motifs is 2. The van der Waals surface area contributed by atoms with Gasteiger partial charge in [0.05, 0.1) is 11.2 Å². The van der Waals surface area contributed by atoms with E-state index in [1.54, 1.807) is 6.20 Å². The molecule has 4 nitrogen and oxygen atoms in total. The fourth-order valence-electron chi connectivity index (χ4n) is 3.13. The van der Waals surface area contributed by atoms with Crippen molar-refractivity contribution in [2.24, 2.45) is 10.7 Å². The summed E-state index contributed by atoms with van der Waals surface area (Å²) in [6.45, 7) is 0.893. The lowest BCUT2D eigenvalue weighted by Gasteiger charge is -2.30. The number of para-hydroxylation sites is 2. The Kier molecular flexibility index (Phi) is 3.42. The summed E-state index contributed by atoms with van der Waals surface area (Å²) in [7, 11) is 0. The third-order valence-corrected chi connectivity index (χ3v) is 4.23. The molecule has 114 valence electrons. The molecule has 0 saturated heterocycles. The van der Waals surface area contributed by atoms with Gasteiger partial charge < -0.3 is 10.6 Å². The number of hydrogen-bond donors (Lipinski definition) is 1. The lowest BCUT2D eigenvalue weighted by atomic mass is 10.0. The van der Waals surface area contributed by atoms with Crippen molar-refractivity contribution in [2.75, 3.05) is 11.4 Å². The summed E-state index contributed by atoms with van der Waals surface area (Å²) in [5.74, 6) is 0.523. The smallest absolute Gasteiger partial charge is 0.201 e. The minimum atomic E-state index is 0.523. The third-order valence-electron chi connectivity index (χ3n) is 4.23. The van der Waals surface area contributed by atoms with E-state index in [0.717, 1.165) is 41.7 Å². The Morgan fingerprint density at radius 3 is 2.87 bits per heavy atom. The molecule has 0 radical (unpaired) electrons. The number of hydrogen-bond acceptors (Lipinski definition) is 2. The van der Waals surface area contributed by atoms with Crippen molar-refractivity contribution in [2.45, 2.75) is 12.8 Å². The maximum absolute atomic E-state index is 6.33. The first-order valence-electron chi connectivity index (χ1n) is 7.86. The van der Waals surface area contributed by atoms with Gasteiger partial charge in [-0.05, 0) is 36.6 Å². The van der Waals surface area contributed by atoms with Gasteiger partial charge in [0.1, 0.15) is 0 Å². The maximum Gasteiger partial charge on any atom is 0.201 e. The highest BCUT2D eigenvalue weighted by molar-refractivity contribution is 6.00. The predicted octanol–water partition coefficient (Wildman–Crippen LogP) is 3.63. The number of aromatic nitrogens is 1. The van der Waals surface area contributed by atoms with Gasteiger partial charge in [0.15, 0.2) is 0 Å². The third kappa shape index (κ3) is 2.52. The fraction of sp³-hybridized carbons (Fsp3) is 0.158. The average Bonchev–Trinajstić information content (AvgIpc) is 2.61. The van der Waals surface area contributed by atoms with E-state index >= 15 is 0 Å². The zero-order valence-electron chi connectivity index (χ0n) is 12.8. The Morgan fingerprint density at radius 1 is 1.04 bits per heavy atom. The first kappa shape index (κ1) is 13.8. The quantitative estimate of drug-likeness (QED) is 0.551. The zero-order chi connectivity index (χ0) is 15.6. The molecule has 1 aliphatic rings. The van der Waals surface area contributed by atoms with Crippen LogP contribution in [0, 0.1) is 0 Å². The van der Waals surface area contributed by atoms with Crippen LogP contribution in [0.4, 0.5) is 11.4 Å². The van der Waals surface area contributed by atoms with Gasteiger partial charge >= 0.3 is 0 Å². The second-order valence-corrected chi connectivity index (χ2v) is 5.71. The molecule has 0 fully saturated rings. The second kappa shape index (κ2) is 5.72. The normalized spacial score (nSPS) is 14.8. The molecule has 23 heavy (non-hydrogen) atoms. The van der Waals surface area contributed by atoms with Gasteiger partial charge in [-0.15, -0.1) is 0 Å². The van der Waals surface area contributed by atoms with E-state index in [9.17, 15) is 0 Å². The Morgan fingerprint density at radius 2 is 1.91 bits per heavy atom. The molecule has 0 saturated carbocycles. The summed E-state index contributed by atoms with van der Waals surface area (Å²) in [6.07, 6.45) is 3.96. The molecule has 2 heterocycles. The molecule has 0 unspecified atom stereocenters. The number of aliphatic imine (C=N–C) groups is 1. The number of pyridine rings is 1. The van der Waals surface area contributed by atoms with Crippen molar-refractivity contribution >= 4 is 28.2 Å². The number of benzene rings is 2. The van der Waals surface area contributed by atoms with Crippen molar-refractivity contribution in [1.29, 1.82) is 0 Å². The van der Waals surface area contributed by atoms with Gasteiger partial charge in [0, 0.05) is 23.8 Å². The molecule has 4 rings (SSSR count). The van der Waals surface area contributed by atoms with E-state index in [0.29, 0.717) is 5.96 Å². The lowest BCUT2D eigenvalue weighted by Crippen LogP contribution is -2.40. The van der Waals surface area contributed by atoms with Crippen LogP contribution in [0.3, 0.4) is 0 Å². The minimum Gasteiger partial charge on any atom is -0.369 e. The second-order valence-electron chi connectivity index (χ2n) is 5.71. The highest BCUT2D eigenvalue weighted by Gasteiger charge is 2.19. The molecule has 2 N–H and O–H groups in total. The molecule has 4 heteroatoms. The molecule has 1 aliphatic heterocycles. The van der Waals surface area contributed by atoms with E-state index < -0.39 is 0 Å². The van der Waals surface area contributed by atoms with Crippen molar-refractivity contribution in [1.82, 2.24) is 4.98 Å². The van der Waals surface area contributed by atoms with Crippen LogP contribution in [0.2, 0.25) is 0 Å². The van der Waals surface area contributed by atoms with Crippen molar-refractivity contribution in [3.05, 3.63) is 66.4 Å². The van der Waals surface area contributed by atoms with E-state index in [1.807, 2.05) is 36.4 Å². The molecule has 0 amide bonds. The highest BCUT2D eigenvalue weighted by Crippen LogP contribution is 2.28. The van der Waals surface area contributed by atoms with E-state index in [2.05, 4.69) is 33.1 Å². The maximum atomic E-state index is 6.33. The van der Waals surface area contributed by atoms with Crippen molar-refractivity contribution < 1.29 is 0 Å². The van der Waals surface area contributed by atoms with Crippen LogP contribution in [-0.4, -0.2) is 17.5 Å². The molecule has 1 aromatic heterocycles. The largest absolute Gasteiger partial charge is 0.369 e. The van der Waals surface area contributed by atoms with Gasteiger partial charge in [0.25, 0.3) is 0 Å². The van der Waals surface area contributed by atoms with Crippen LogP contribution in [0.25, 0.3) is 10.9 Å². The summed E-state index contributed by atoms with van der Waals surface area (Å²) in [6, 6.07) is 18.3. The van der Waals surface area contributed by atoms with Crippen LogP contribution >= 0.6 is 0 Å². The number of nitrogens with two attached hydrogens (primary N) is 1. The van der Waals surface area contributed by atoms with E-state index in [-0.39, 0.29) is 0 Å². The Hall–Kier alpha value is -2.88. The lowest BCUT2D eigenvalue weighted by molar-refractivity contribution is 0.775. The first-order valence-corrected chi connectivity index (χ1v) is 7.86. The van der Waals surface area contributed by atoms with Crippen molar-refractivity contribution in [3.8, 4) is 0 Å². The summed E-state index contributed by atoms with van der Waals surface area (Å²) < 4.78 is 0. The summed E-state index contributed by atoms with van der Waals surface area (Å²) in [5, 5.41) is 1.07. The molecule has 0 aliphatic carbocycles. The van der Waals surface area contributed by atoms with Crippen LogP contribution in [0.5, 0.6) is 0 Å². The van der Waals surface area contributed by atoms with Crippen molar-refractivity contribution in [3.63, 3.8) is 0 Å². The minimum absolute atomic E-state index is 0.523. The molecule has 2 aromatic carbocycles. The fourth-order valence-corrected chi connectivity index (χ4v) is 3.13. The first-order chi connectivity index (χ1) is 11.3. The summed E-state index contributed by atoms with van der Waals surface area (Å²) >= 11 is 0. The summed E-state index contributed by atoms with van der Waals surface area (Å²) in [4.78, 5) is 11.2. The van der Waals surface area contributed by atoms with Crippen LogP contribution in [0.15, 0.2) is 65.8 Å². The number of aryl methyl sites for hydroxylation is 1. The zero-order valence-corrected chi connectivity index (χ0v) is 12.8. The summed E-state index contributed by atoms with van der Waals surface area (Å²) in [5.41, 5.74) is 10.5. The van der Waals surface area contributed by atoms with E-state index in [1.165, 1.54) is 5.56 Å². The van der Waals surface area contributed by atoms with Gasteiger partial charge in [-0.2, -0.15) is 0 Å². The molecule has 0 bridgehead atoms. The average molecular weight is 302 g/mol. The standard InChI is InChI=1S/C19H18N4/c20-19(23-13-5-9-14-6-1-2-11-17(14)23)22-16-10-3-7-15-8-4-12-21-18(15)16/h1-4,6-8,10-12H,5,9,13H2,(H2,20,22). The number of guanidine groups is 1. The topological polar surface area (TPSA) is 54.5 Å². The SMILES string of the molecule is NC(=Nc1cccc2cccnc12)N1CCCc2ccccc21. The number of rotatable bonds is 1. The van der Waals surface area contributed by atoms with Crippen LogP contribution in [-0.2, 0) is 6.42 Å². The van der Waals surface area contributed by atoms with Gasteiger partial charge in [-0.25, -0.2) is 4.99 Å². The molecule has 3 aromatic rings. The van der Waals surface area contributed by atoms with E-state index in [4.69, 9.17) is 5.73 Å². The monoisotopic (exact) mass is 302 g/mol. The van der Waals surface area contributed by atoms with Crippen LogP contribution < -0.4 is 10.6 Å².